The molecule has 0 aromatic carbocycles. The Balaban J connectivity index is -0.000000132. The van der Waals surface area contributed by atoms with Crippen LogP contribution in [0.15, 0.2) is 0 Å². The average molecular weight is 403 g/mol. The first-order valence-corrected chi connectivity index (χ1v) is 10.1. The van der Waals surface area contributed by atoms with Crippen molar-refractivity contribution in [2.45, 2.75) is 96.8 Å². The van der Waals surface area contributed by atoms with Gasteiger partial charge in [-0.2, -0.15) is 6.42 Å². The third kappa shape index (κ3) is 51.7. The van der Waals surface area contributed by atoms with Crippen molar-refractivity contribution in [1.82, 2.24) is 0 Å². The van der Waals surface area contributed by atoms with E-state index in [4.69, 9.17) is 19.2 Å². The zero-order chi connectivity index (χ0) is 16.4. The Hall–Kier alpha value is 3.38. The van der Waals surface area contributed by atoms with Gasteiger partial charge >= 0.3 is 111 Å². The van der Waals surface area contributed by atoms with Gasteiger partial charge in [-0.15, -0.1) is 0 Å². The molecule has 0 aliphatic carbocycles. The van der Waals surface area contributed by atoms with Crippen LogP contribution in [0, 0.1) is 6.92 Å². The molecule has 3 N–H and O–H groups in total. The molecule has 0 heterocycles. The Labute approximate surface area is 230 Å². The van der Waals surface area contributed by atoms with E-state index in [1.165, 1.54) is 83.5 Å². The summed E-state index contributed by atoms with van der Waals surface area (Å²) in [6, 6.07) is 0. The minimum Gasteiger partial charge on any atom is -1.00 e. The molecule has 0 unspecified atom stereocenters. The van der Waals surface area contributed by atoms with Crippen molar-refractivity contribution in [1.29, 1.82) is 0 Å². The van der Waals surface area contributed by atoms with Crippen molar-refractivity contribution in [2.75, 3.05) is 0 Å². The number of hydrogen-bond acceptors (Lipinski definition) is 1. The summed E-state index contributed by atoms with van der Waals surface area (Å²) in [6.07, 6.45) is 19.8. The van der Waals surface area contributed by atoms with E-state index in [0.29, 0.717) is 0 Å². The molecule has 0 aliphatic heterocycles. The summed E-state index contributed by atoms with van der Waals surface area (Å²) in [5.74, 6) is 0. The fourth-order valence-electron chi connectivity index (χ4n) is 2.19. The fraction of sp³-hybridized carbons (Fsp3) is 0.938. The van der Waals surface area contributed by atoms with Gasteiger partial charge in [-0.3, -0.25) is 0 Å². The molecule has 0 spiro atoms. The molecule has 0 atom stereocenters. The van der Waals surface area contributed by atoms with Gasteiger partial charge in [0.25, 0.3) is 0 Å². The summed E-state index contributed by atoms with van der Waals surface area (Å²) in [5.41, 5.74) is 0. The van der Waals surface area contributed by atoms with Crippen molar-refractivity contribution in [3.63, 3.8) is 0 Å². The topological polar surface area (TPSA) is 77.8 Å². The molecule has 0 radical (unpaired) electrons. The molecule has 4 nitrogen and oxygen atoms in total. The third-order valence-corrected chi connectivity index (χ3v) is 3.35. The van der Waals surface area contributed by atoms with Crippen molar-refractivity contribution >= 4 is 7.82 Å². The Bertz CT molecular complexity index is 222. The van der Waals surface area contributed by atoms with E-state index >= 15 is 0 Å². The second-order valence-electron chi connectivity index (χ2n) is 5.61. The van der Waals surface area contributed by atoms with Crippen molar-refractivity contribution < 1.29 is 123 Å². The molecule has 0 bridgehead atoms. The maximum atomic E-state index is 8.88. The first-order valence-electron chi connectivity index (χ1n) is 8.49. The molecule has 0 saturated heterocycles. The molecule has 0 aromatic heterocycles. The first kappa shape index (κ1) is 33.9. The van der Waals surface area contributed by atoms with Crippen LogP contribution in [0.1, 0.15) is 98.2 Å². The van der Waals surface area contributed by atoms with Gasteiger partial charge in [0.05, 0.1) is 0 Å². The molecule has 0 aromatic rings. The number of unbranched alkanes of at least 4 members (excludes halogenated alkanes) is 13. The standard InChI is InChI=1S/C16H33.2K.H3O4P.H/c1-3-5-7-9-11-13-15-16-14-12-10-8-6-4-2;;;1-5(2,3)4;/h1,3-16H2,2H3;;;(H3,1,2,3,4);/q-1;2*+1;;-1. The third-order valence-electron chi connectivity index (χ3n) is 3.35. The summed E-state index contributed by atoms with van der Waals surface area (Å²) in [4.78, 5) is 21.6. The second-order valence-corrected chi connectivity index (χ2v) is 6.64. The van der Waals surface area contributed by atoms with Crippen LogP contribution in [-0.2, 0) is 4.57 Å². The van der Waals surface area contributed by atoms with Gasteiger partial charge < -0.3 is 23.0 Å². The van der Waals surface area contributed by atoms with Crippen LogP contribution >= 0.6 is 7.82 Å². The smallest absolute Gasteiger partial charge is 1.00 e. The second kappa shape index (κ2) is 27.6. The van der Waals surface area contributed by atoms with Gasteiger partial charge in [0.2, 0.25) is 0 Å². The fourth-order valence-corrected chi connectivity index (χ4v) is 2.19. The van der Waals surface area contributed by atoms with Crippen LogP contribution in [0.3, 0.4) is 0 Å². The largest absolute Gasteiger partial charge is 1.00 e. The average Bonchev–Trinajstić information content (AvgIpc) is 2.38. The van der Waals surface area contributed by atoms with Gasteiger partial charge in [-0.1, -0.05) is 90.4 Å². The number of rotatable bonds is 13. The van der Waals surface area contributed by atoms with E-state index in [1.807, 2.05) is 0 Å². The monoisotopic (exact) mass is 402 g/mol. The summed E-state index contributed by atoms with van der Waals surface area (Å²) in [6.45, 7) is 6.16. The van der Waals surface area contributed by atoms with Crippen molar-refractivity contribution in [3.8, 4) is 0 Å². The van der Waals surface area contributed by atoms with E-state index in [-0.39, 0.29) is 104 Å². The van der Waals surface area contributed by atoms with E-state index < -0.39 is 7.82 Å². The van der Waals surface area contributed by atoms with Gasteiger partial charge in [0, 0.05) is 0 Å². The first-order chi connectivity index (χ1) is 9.91. The van der Waals surface area contributed by atoms with Gasteiger partial charge in [0.15, 0.2) is 0 Å². The predicted octanol–water partition coefficient (Wildman–Crippen LogP) is -0.506. The van der Waals surface area contributed by atoms with Gasteiger partial charge in [-0.25, -0.2) is 4.57 Å². The Morgan fingerprint density at radius 2 is 0.913 bits per heavy atom. The van der Waals surface area contributed by atoms with Crippen LogP contribution < -0.4 is 103 Å². The van der Waals surface area contributed by atoms with E-state index in [9.17, 15) is 0 Å². The quantitative estimate of drug-likeness (QED) is 0.168. The number of hydrogen-bond donors (Lipinski definition) is 3. The van der Waals surface area contributed by atoms with Gasteiger partial charge in [0.1, 0.15) is 0 Å². The molecule has 0 amide bonds. The summed E-state index contributed by atoms with van der Waals surface area (Å²) >= 11 is 0. The normalized spacial score (nSPS) is 10.1. The molecule has 0 saturated carbocycles. The van der Waals surface area contributed by atoms with Crippen molar-refractivity contribution in [2.24, 2.45) is 0 Å². The Morgan fingerprint density at radius 1 is 0.696 bits per heavy atom. The minimum absolute atomic E-state index is 0. The van der Waals surface area contributed by atoms with Crippen molar-refractivity contribution in [3.05, 3.63) is 6.92 Å². The van der Waals surface area contributed by atoms with Crippen LogP contribution in [0.5, 0.6) is 0 Å². The zero-order valence-electron chi connectivity index (χ0n) is 16.8. The molecular formula is C16H37K2O4P. The van der Waals surface area contributed by atoms with Gasteiger partial charge in [-0.05, 0) is 0 Å². The predicted molar refractivity (Wildman–Crippen MR) is 91.0 cm³/mol. The molecular weight excluding hydrogens is 365 g/mol. The molecule has 0 aliphatic rings. The maximum absolute atomic E-state index is 8.88. The molecule has 7 heteroatoms. The molecule has 23 heavy (non-hydrogen) atoms. The summed E-state index contributed by atoms with van der Waals surface area (Å²) in [5, 5.41) is 0. The summed E-state index contributed by atoms with van der Waals surface area (Å²) in [7, 11) is -4.64. The zero-order valence-corrected chi connectivity index (χ0v) is 22.9. The maximum Gasteiger partial charge on any atom is 1.00 e. The van der Waals surface area contributed by atoms with Crippen LogP contribution in [0.2, 0.25) is 0 Å². The molecule has 132 valence electrons. The Kier molecular flexibility index (Phi) is 40.7. The molecule has 0 fully saturated rings. The minimum atomic E-state index is -4.64. The van der Waals surface area contributed by atoms with E-state index in [0.717, 1.165) is 6.42 Å². The van der Waals surface area contributed by atoms with E-state index in [2.05, 4.69) is 13.8 Å². The SMILES string of the molecule is O=P(O)(O)O.[CH2-]CCCCCCCCCCCCCCC.[H-].[K+].[K+]. The molecule has 0 rings (SSSR count). The van der Waals surface area contributed by atoms with Crippen LogP contribution in [0.25, 0.3) is 0 Å². The van der Waals surface area contributed by atoms with Crippen LogP contribution in [-0.4, -0.2) is 14.7 Å². The van der Waals surface area contributed by atoms with E-state index in [1.54, 1.807) is 0 Å². The number of phosphoric acid groups is 1. The summed E-state index contributed by atoms with van der Waals surface area (Å²) < 4.78 is 8.88. The van der Waals surface area contributed by atoms with Crippen LogP contribution in [0.4, 0.5) is 0 Å². The Morgan fingerprint density at radius 3 is 1.13 bits per heavy atom.